The van der Waals surface area contributed by atoms with Crippen molar-refractivity contribution in [3.05, 3.63) is 46.7 Å². The third-order valence-electron chi connectivity index (χ3n) is 2.98. The van der Waals surface area contributed by atoms with Gasteiger partial charge in [0.05, 0.1) is 12.8 Å². The summed E-state index contributed by atoms with van der Waals surface area (Å²) in [6.07, 6.45) is -4.91. The summed E-state index contributed by atoms with van der Waals surface area (Å²) < 4.78 is 37.2. The molecule has 0 radical (unpaired) electrons. The van der Waals surface area contributed by atoms with Crippen LogP contribution >= 0.6 is 0 Å². The van der Waals surface area contributed by atoms with Gasteiger partial charge in [0, 0.05) is 18.2 Å². The number of aliphatic hydroxyl groups excluding tert-OH is 1. The Morgan fingerprint density at radius 3 is 2.09 bits per heavy atom. The molecule has 0 saturated heterocycles. The summed E-state index contributed by atoms with van der Waals surface area (Å²) in [5.74, 6) is -2.25. The van der Waals surface area contributed by atoms with E-state index >= 15 is 0 Å². The average Bonchev–Trinajstić information content (AvgIpc) is 2.50. The van der Waals surface area contributed by atoms with Gasteiger partial charge in [0.15, 0.2) is 0 Å². The predicted octanol–water partition coefficient (Wildman–Crippen LogP) is 3.08. The van der Waals surface area contributed by atoms with Crippen LogP contribution in [0.4, 0.5) is 13.2 Å². The Hall–Kier alpha value is -2.35. The van der Waals surface area contributed by atoms with Crippen molar-refractivity contribution >= 4 is 11.6 Å². The molecule has 0 saturated carbocycles. The van der Waals surface area contributed by atoms with Crippen LogP contribution in [-0.2, 0) is 4.84 Å². The highest BCUT2D eigenvalue weighted by Gasteiger charge is 2.36. The summed E-state index contributed by atoms with van der Waals surface area (Å²) in [4.78, 5) is 16.5. The van der Waals surface area contributed by atoms with Crippen molar-refractivity contribution in [2.75, 3.05) is 14.2 Å². The third kappa shape index (κ3) is 3.85. The van der Waals surface area contributed by atoms with E-state index in [-0.39, 0.29) is 11.1 Å². The first-order valence-corrected chi connectivity index (χ1v) is 6.08. The fraction of sp³-hybridized carbons (Fsp3) is 0.286. The summed E-state index contributed by atoms with van der Waals surface area (Å²) in [5, 5.41) is 17.8. The Kier molecular flexibility index (Phi) is 5.32. The van der Waals surface area contributed by atoms with Gasteiger partial charge in [-0.05, 0) is 24.6 Å². The third-order valence-corrected chi connectivity index (χ3v) is 2.98. The first-order valence-electron chi connectivity index (χ1n) is 6.08. The normalized spacial score (nSPS) is 12.6. The number of hydrogen-bond donors (Lipinski definition) is 2. The minimum Gasteiger partial charge on any atom is -0.504 e. The molecule has 0 atom stereocenters. The highest BCUT2D eigenvalue weighted by Crippen LogP contribution is 2.27. The van der Waals surface area contributed by atoms with E-state index in [4.69, 9.17) is 15.4 Å². The van der Waals surface area contributed by atoms with Crippen molar-refractivity contribution in [1.82, 2.24) is 5.06 Å². The lowest BCUT2D eigenvalue weighted by molar-refractivity contribution is -0.121. The average molecular weight is 316 g/mol. The zero-order chi connectivity index (χ0) is 17.1. The van der Waals surface area contributed by atoms with Gasteiger partial charge in [-0.15, -0.1) is 0 Å². The van der Waals surface area contributed by atoms with Gasteiger partial charge in [-0.2, -0.15) is 13.2 Å². The Bertz CT molecular complexity index is 607. The van der Waals surface area contributed by atoms with Crippen molar-refractivity contribution < 1.29 is 27.9 Å². The van der Waals surface area contributed by atoms with Crippen LogP contribution in [0.5, 0.6) is 0 Å². The Labute approximate surface area is 125 Å². The zero-order valence-corrected chi connectivity index (χ0v) is 12.2. The molecule has 0 bridgehead atoms. The molecule has 0 aliphatic carbocycles. The number of benzene rings is 1. The number of rotatable bonds is 4. The Morgan fingerprint density at radius 1 is 1.23 bits per heavy atom. The number of carbonyl (C=O) groups excluding carboxylic acids is 1. The number of allylic oxidation sites excluding steroid dienone is 2. The largest absolute Gasteiger partial charge is 0.504 e. The van der Waals surface area contributed by atoms with Crippen molar-refractivity contribution in [3.8, 4) is 0 Å². The molecule has 0 fully saturated rings. The first kappa shape index (κ1) is 17.7. The van der Waals surface area contributed by atoms with E-state index in [1.54, 1.807) is 0 Å². The molecule has 8 heteroatoms. The van der Waals surface area contributed by atoms with Crippen LogP contribution in [-0.4, -0.2) is 42.1 Å². The molecule has 2 N–H and O–H groups in total. The van der Waals surface area contributed by atoms with Crippen molar-refractivity contribution in [1.29, 1.82) is 5.41 Å². The van der Waals surface area contributed by atoms with Crippen molar-refractivity contribution in [2.24, 2.45) is 0 Å². The van der Waals surface area contributed by atoms with Crippen LogP contribution in [0, 0.1) is 5.41 Å². The molecule has 1 aromatic carbocycles. The summed E-state index contributed by atoms with van der Waals surface area (Å²) >= 11 is 0. The maximum atomic E-state index is 12.4. The molecule has 0 aromatic heterocycles. The molecule has 22 heavy (non-hydrogen) atoms. The van der Waals surface area contributed by atoms with E-state index in [0.717, 1.165) is 12.0 Å². The number of hydroxylamine groups is 2. The van der Waals surface area contributed by atoms with Crippen LogP contribution in [0.25, 0.3) is 0 Å². The number of nitrogens with zero attached hydrogens (tertiary/aromatic N) is 1. The van der Waals surface area contributed by atoms with Crippen LogP contribution < -0.4 is 0 Å². The van der Waals surface area contributed by atoms with Gasteiger partial charge in [-0.3, -0.25) is 15.0 Å². The SMILES string of the molecule is CON(C)C(=O)c1ccc(C(=N)/C(C)=C(\O)C(F)(F)F)cc1. The molecule has 0 spiro atoms. The minimum absolute atomic E-state index is 0.143. The minimum atomic E-state index is -4.91. The molecule has 1 rings (SSSR count). The van der Waals surface area contributed by atoms with E-state index in [1.165, 1.54) is 38.4 Å². The van der Waals surface area contributed by atoms with Crippen LogP contribution in [0.3, 0.4) is 0 Å². The number of amides is 1. The van der Waals surface area contributed by atoms with Gasteiger partial charge in [-0.25, -0.2) is 5.06 Å². The maximum absolute atomic E-state index is 12.4. The quantitative estimate of drug-likeness (QED) is 0.509. The Morgan fingerprint density at radius 2 is 1.68 bits per heavy atom. The molecular weight excluding hydrogens is 301 g/mol. The van der Waals surface area contributed by atoms with Gasteiger partial charge >= 0.3 is 6.18 Å². The van der Waals surface area contributed by atoms with Crippen LogP contribution in [0.1, 0.15) is 22.8 Å². The maximum Gasteiger partial charge on any atom is 0.449 e. The van der Waals surface area contributed by atoms with Gasteiger partial charge in [0.1, 0.15) is 0 Å². The number of halogens is 3. The van der Waals surface area contributed by atoms with Crippen molar-refractivity contribution in [2.45, 2.75) is 13.1 Å². The standard InChI is InChI=1S/C14H15F3N2O3/c1-8(12(20)14(15,16)17)11(18)9-4-6-10(7-5-9)13(21)19(2)22-3/h4-7,18,20H,1-3H3/b12-8-,18-11?. The zero-order valence-electron chi connectivity index (χ0n) is 12.2. The van der Waals surface area contributed by atoms with E-state index in [2.05, 4.69) is 0 Å². The fourth-order valence-electron chi connectivity index (χ4n) is 1.59. The highest BCUT2D eigenvalue weighted by molar-refractivity contribution is 6.10. The number of nitrogens with one attached hydrogen (secondary N) is 1. The molecule has 1 aromatic rings. The van der Waals surface area contributed by atoms with Crippen molar-refractivity contribution in [3.63, 3.8) is 0 Å². The smallest absolute Gasteiger partial charge is 0.449 e. The predicted molar refractivity (Wildman–Crippen MR) is 73.8 cm³/mol. The number of carbonyl (C=O) groups is 1. The van der Waals surface area contributed by atoms with Crippen LogP contribution in [0.2, 0.25) is 0 Å². The van der Waals surface area contributed by atoms with E-state index in [1.807, 2.05) is 0 Å². The van der Waals surface area contributed by atoms with Crippen LogP contribution in [0.15, 0.2) is 35.6 Å². The second kappa shape index (κ2) is 6.61. The Balaban J connectivity index is 3.06. The fourth-order valence-corrected chi connectivity index (χ4v) is 1.59. The van der Waals surface area contributed by atoms with Gasteiger partial charge in [0.25, 0.3) is 5.91 Å². The number of hydrogen-bond acceptors (Lipinski definition) is 4. The molecule has 0 aliphatic rings. The first-order chi connectivity index (χ1) is 10.1. The number of aliphatic hydroxyl groups is 1. The molecule has 0 unspecified atom stereocenters. The second-order valence-corrected chi connectivity index (χ2v) is 4.41. The lowest BCUT2D eigenvalue weighted by Gasteiger charge is -2.14. The van der Waals surface area contributed by atoms with E-state index in [9.17, 15) is 18.0 Å². The van der Waals surface area contributed by atoms with Gasteiger partial charge < -0.3 is 5.11 Å². The van der Waals surface area contributed by atoms with E-state index in [0.29, 0.717) is 0 Å². The molecule has 5 nitrogen and oxygen atoms in total. The lowest BCUT2D eigenvalue weighted by atomic mass is 10.0. The summed E-state index contributed by atoms with van der Waals surface area (Å²) in [5.41, 5.74) is -0.679. The lowest BCUT2D eigenvalue weighted by Crippen LogP contribution is -2.25. The highest BCUT2D eigenvalue weighted by atomic mass is 19.4. The van der Waals surface area contributed by atoms with Gasteiger partial charge in [-0.1, -0.05) is 12.1 Å². The molecular formula is C14H15F3N2O3. The second-order valence-electron chi connectivity index (χ2n) is 4.41. The monoisotopic (exact) mass is 316 g/mol. The molecule has 0 aliphatic heterocycles. The number of alkyl halides is 3. The van der Waals surface area contributed by atoms with E-state index < -0.39 is 29.1 Å². The molecule has 120 valence electrons. The van der Waals surface area contributed by atoms with Gasteiger partial charge in [0.2, 0.25) is 5.76 Å². The topological polar surface area (TPSA) is 73.6 Å². The summed E-state index contributed by atoms with van der Waals surface area (Å²) in [6.45, 7) is 1.00. The summed E-state index contributed by atoms with van der Waals surface area (Å²) in [6, 6.07) is 5.37. The molecule has 1 amide bonds. The molecule has 0 heterocycles. The summed E-state index contributed by atoms with van der Waals surface area (Å²) in [7, 11) is 2.72.